The fraction of sp³-hybridized carbons (Fsp3) is 0.417. The number of rotatable bonds is 6. The van der Waals surface area contributed by atoms with Gasteiger partial charge < -0.3 is 10.9 Å². The van der Waals surface area contributed by atoms with E-state index in [0.717, 1.165) is 12.8 Å². The van der Waals surface area contributed by atoms with Crippen molar-refractivity contribution in [2.75, 3.05) is 5.75 Å². The first-order chi connectivity index (χ1) is 9.02. The molecule has 19 heavy (non-hydrogen) atoms. The fourth-order valence-electron chi connectivity index (χ4n) is 1.82. The monoisotopic (exact) mass is 283 g/mol. The predicted molar refractivity (Wildman–Crippen MR) is 72.2 cm³/mol. The van der Waals surface area contributed by atoms with Crippen LogP contribution in [-0.2, 0) is 10.0 Å². The maximum absolute atomic E-state index is 12.0. The molecule has 4 N–H and O–H groups in total. The minimum Gasteiger partial charge on any atom is -0.409 e. The smallest absolute Gasteiger partial charge is 0.212 e. The van der Waals surface area contributed by atoms with E-state index in [1.807, 2.05) is 6.07 Å². The van der Waals surface area contributed by atoms with Crippen molar-refractivity contribution in [3.8, 4) is 0 Å². The van der Waals surface area contributed by atoms with Crippen LogP contribution in [0.15, 0.2) is 35.5 Å². The zero-order valence-electron chi connectivity index (χ0n) is 10.4. The Morgan fingerprint density at radius 1 is 1.42 bits per heavy atom. The molecule has 7 heteroatoms. The lowest BCUT2D eigenvalue weighted by molar-refractivity contribution is 0.315. The average molecular weight is 283 g/mol. The molecule has 1 aliphatic rings. The number of nitrogens with one attached hydrogen (secondary N) is 1. The van der Waals surface area contributed by atoms with E-state index in [1.165, 1.54) is 0 Å². The number of nitrogens with zero attached hydrogens (tertiary/aromatic N) is 1. The molecule has 0 aromatic heterocycles. The number of nitrogens with two attached hydrogens (primary N) is 1. The Bertz CT molecular complexity index is 553. The number of oxime groups is 1. The molecular weight excluding hydrogens is 266 g/mol. The summed E-state index contributed by atoms with van der Waals surface area (Å²) < 4.78 is 26.5. The molecule has 0 bridgehead atoms. The molecule has 0 saturated heterocycles. The minimum atomic E-state index is -3.44. The van der Waals surface area contributed by atoms with Gasteiger partial charge in [0.05, 0.1) is 5.75 Å². The van der Waals surface area contributed by atoms with Crippen LogP contribution >= 0.6 is 0 Å². The van der Waals surface area contributed by atoms with Crippen LogP contribution in [0.2, 0.25) is 0 Å². The second kappa shape index (κ2) is 5.58. The van der Waals surface area contributed by atoms with Gasteiger partial charge in [0.1, 0.15) is 6.04 Å². The third-order valence-corrected chi connectivity index (χ3v) is 4.50. The molecule has 0 spiro atoms. The van der Waals surface area contributed by atoms with Crippen LogP contribution in [0, 0.1) is 5.92 Å². The van der Waals surface area contributed by atoms with Crippen LogP contribution < -0.4 is 10.5 Å². The van der Waals surface area contributed by atoms with Crippen LogP contribution in [0.25, 0.3) is 0 Å². The normalized spacial score (nSPS) is 18.2. The van der Waals surface area contributed by atoms with Gasteiger partial charge in [0.25, 0.3) is 0 Å². The minimum absolute atomic E-state index is 0.0923. The van der Waals surface area contributed by atoms with Crippen molar-refractivity contribution in [3.05, 3.63) is 35.9 Å². The summed E-state index contributed by atoms with van der Waals surface area (Å²) in [6, 6.07) is 7.95. The van der Waals surface area contributed by atoms with E-state index in [-0.39, 0.29) is 17.5 Å². The van der Waals surface area contributed by atoms with E-state index < -0.39 is 16.1 Å². The Morgan fingerprint density at radius 3 is 2.58 bits per heavy atom. The maximum Gasteiger partial charge on any atom is 0.212 e. The molecule has 104 valence electrons. The average Bonchev–Trinajstić information content (AvgIpc) is 3.19. The van der Waals surface area contributed by atoms with Gasteiger partial charge in [0.2, 0.25) is 10.0 Å². The largest absolute Gasteiger partial charge is 0.409 e. The highest BCUT2D eigenvalue weighted by Crippen LogP contribution is 2.30. The summed E-state index contributed by atoms with van der Waals surface area (Å²) in [4.78, 5) is 0. The van der Waals surface area contributed by atoms with E-state index >= 15 is 0 Å². The third-order valence-electron chi connectivity index (χ3n) is 2.99. The molecule has 0 amide bonds. The third kappa shape index (κ3) is 3.93. The molecular formula is C12H17N3O3S. The van der Waals surface area contributed by atoms with Crippen LogP contribution in [0.4, 0.5) is 0 Å². The molecule has 1 aliphatic carbocycles. The van der Waals surface area contributed by atoms with Gasteiger partial charge in [-0.1, -0.05) is 35.5 Å². The summed E-state index contributed by atoms with van der Waals surface area (Å²) in [7, 11) is -3.44. The van der Waals surface area contributed by atoms with Gasteiger partial charge >= 0.3 is 0 Å². The number of hydrogen-bond donors (Lipinski definition) is 3. The van der Waals surface area contributed by atoms with Crippen molar-refractivity contribution >= 4 is 15.9 Å². The zero-order valence-corrected chi connectivity index (χ0v) is 11.2. The second-order valence-corrected chi connectivity index (χ2v) is 6.51. The van der Waals surface area contributed by atoms with Gasteiger partial charge in [0.15, 0.2) is 5.84 Å². The van der Waals surface area contributed by atoms with Gasteiger partial charge in [0, 0.05) is 0 Å². The Labute approximate surface area is 112 Å². The Kier molecular flexibility index (Phi) is 4.06. The first kappa shape index (κ1) is 13.8. The van der Waals surface area contributed by atoms with Crippen LogP contribution in [0.1, 0.15) is 24.4 Å². The van der Waals surface area contributed by atoms with Gasteiger partial charge in [-0.15, -0.1) is 0 Å². The summed E-state index contributed by atoms with van der Waals surface area (Å²) in [5.41, 5.74) is 6.21. The molecule has 2 rings (SSSR count). The standard InChI is InChI=1S/C12H17N3O3S/c13-12(14-16)11(10-4-2-1-3-5-10)15-19(17,18)8-9-6-7-9/h1-5,9,11,15-16H,6-8H2,(H2,13,14). The number of hydrogen-bond acceptors (Lipinski definition) is 4. The molecule has 1 saturated carbocycles. The predicted octanol–water partition coefficient (Wildman–Crippen LogP) is 0.803. The summed E-state index contributed by atoms with van der Waals surface area (Å²) in [6.07, 6.45) is 1.89. The highest BCUT2D eigenvalue weighted by molar-refractivity contribution is 7.89. The topological polar surface area (TPSA) is 105 Å². The van der Waals surface area contributed by atoms with E-state index in [2.05, 4.69) is 9.88 Å². The van der Waals surface area contributed by atoms with Crippen molar-refractivity contribution in [2.45, 2.75) is 18.9 Å². The maximum atomic E-state index is 12.0. The van der Waals surface area contributed by atoms with Gasteiger partial charge in [-0.25, -0.2) is 8.42 Å². The molecule has 6 nitrogen and oxygen atoms in total. The van der Waals surface area contributed by atoms with Gasteiger partial charge in [-0.3, -0.25) is 0 Å². The van der Waals surface area contributed by atoms with Crippen molar-refractivity contribution in [1.82, 2.24) is 4.72 Å². The first-order valence-corrected chi connectivity index (χ1v) is 7.69. The summed E-state index contributed by atoms with van der Waals surface area (Å²) >= 11 is 0. The quantitative estimate of drug-likeness (QED) is 0.311. The van der Waals surface area contributed by atoms with Gasteiger partial charge in [-0.2, -0.15) is 4.72 Å². The Hall–Kier alpha value is -1.60. The summed E-state index contributed by atoms with van der Waals surface area (Å²) in [5, 5.41) is 11.7. The van der Waals surface area contributed by atoms with Crippen LogP contribution in [-0.4, -0.2) is 25.2 Å². The SMILES string of the molecule is NC(=NO)C(NS(=O)(=O)CC1CC1)c1ccccc1. The van der Waals surface area contributed by atoms with Gasteiger partial charge in [-0.05, 0) is 24.3 Å². The Balaban J connectivity index is 2.19. The first-order valence-electron chi connectivity index (χ1n) is 6.04. The fourth-order valence-corrected chi connectivity index (χ4v) is 3.49. The number of sulfonamides is 1. The molecule has 1 atom stereocenters. The highest BCUT2D eigenvalue weighted by atomic mass is 32.2. The molecule has 1 fully saturated rings. The molecule has 1 aromatic carbocycles. The second-order valence-electron chi connectivity index (χ2n) is 4.71. The van der Waals surface area contributed by atoms with Crippen LogP contribution in [0.5, 0.6) is 0 Å². The lowest BCUT2D eigenvalue weighted by Crippen LogP contribution is -2.39. The van der Waals surface area contributed by atoms with E-state index in [1.54, 1.807) is 24.3 Å². The molecule has 1 aromatic rings. The highest BCUT2D eigenvalue weighted by Gasteiger charge is 2.30. The van der Waals surface area contributed by atoms with E-state index in [9.17, 15) is 8.42 Å². The molecule has 0 radical (unpaired) electrons. The summed E-state index contributed by atoms with van der Waals surface area (Å²) in [5.74, 6) is 0.154. The van der Waals surface area contributed by atoms with E-state index in [0.29, 0.717) is 5.56 Å². The number of amidine groups is 1. The molecule has 0 heterocycles. The molecule has 1 unspecified atom stereocenters. The molecule has 0 aliphatic heterocycles. The van der Waals surface area contributed by atoms with Crippen molar-refractivity contribution in [2.24, 2.45) is 16.8 Å². The van der Waals surface area contributed by atoms with Crippen molar-refractivity contribution in [3.63, 3.8) is 0 Å². The lowest BCUT2D eigenvalue weighted by Gasteiger charge is -2.17. The zero-order chi connectivity index (χ0) is 13.9. The van der Waals surface area contributed by atoms with E-state index in [4.69, 9.17) is 10.9 Å². The summed E-state index contributed by atoms with van der Waals surface area (Å²) in [6.45, 7) is 0. The van der Waals surface area contributed by atoms with Crippen molar-refractivity contribution in [1.29, 1.82) is 0 Å². The lowest BCUT2D eigenvalue weighted by atomic mass is 10.1. The Morgan fingerprint density at radius 2 is 2.05 bits per heavy atom. The van der Waals surface area contributed by atoms with Crippen LogP contribution in [0.3, 0.4) is 0 Å². The van der Waals surface area contributed by atoms with Crippen molar-refractivity contribution < 1.29 is 13.6 Å². The number of benzene rings is 1.